The van der Waals surface area contributed by atoms with Gasteiger partial charge in [0, 0.05) is 31.9 Å². The highest BCUT2D eigenvalue weighted by molar-refractivity contribution is 5.96. The first-order valence-electron chi connectivity index (χ1n) is 8.80. The number of urea groups is 2. The van der Waals surface area contributed by atoms with Crippen molar-refractivity contribution in [3.05, 3.63) is 23.8 Å². The molecule has 140 valence electrons. The van der Waals surface area contributed by atoms with Crippen molar-refractivity contribution in [3.8, 4) is 0 Å². The molecule has 3 N–H and O–H groups in total. The number of carboxylic acid groups (broad SMARTS) is 1. The van der Waals surface area contributed by atoms with Gasteiger partial charge in [-0.1, -0.05) is 13.0 Å². The van der Waals surface area contributed by atoms with Crippen LogP contribution in [-0.4, -0.2) is 54.2 Å². The van der Waals surface area contributed by atoms with Crippen LogP contribution in [0.15, 0.2) is 18.2 Å². The molecule has 8 nitrogen and oxygen atoms in total. The summed E-state index contributed by atoms with van der Waals surface area (Å²) in [4.78, 5) is 39.0. The maximum absolute atomic E-state index is 12.6. The summed E-state index contributed by atoms with van der Waals surface area (Å²) in [5, 5.41) is 14.9. The standard InChI is InChI=1S/C18H24N4O4/c1-11-7-13(16(23)24)10-21(9-11)18(26)20-14-4-3-12(2)15(8-14)22-6-5-19-17(22)25/h3-4,8,11,13H,5-7,9-10H2,1-2H3,(H,19,25)(H,20,26)(H,23,24). The average molecular weight is 360 g/mol. The van der Waals surface area contributed by atoms with Crippen molar-refractivity contribution < 1.29 is 19.5 Å². The summed E-state index contributed by atoms with van der Waals surface area (Å²) < 4.78 is 0. The van der Waals surface area contributed by atoms with Gasteiger partial charge in [0.25, 0.3) is 0 Å². The number of likely N-dealkylation sites (tertiary alicyclic amines) is 1. The third-order valence-electron chi connectivity index (χ3n) is 4.90. The predicted octanol–water partition coefficient (Wildman–Crippen LogP) is 2.10. The van der Waals surface area contributed by atoms with E-state index in [1.165, 1.54) is 0 Å². The fourth-order valence-electron chi connectivity index (χ4n) is 3.58. The smallest absolute Gasteiger partial charge is 0.322 e. The second kappa shape index (κ2) is 7.23. The number of anilines is 2. The number of aliphatic carboxylic acids is 1. The molecule has 2 atom stereocenters. The summed E-state index contributed by atoms with van der Waals surface area (Å²) in [5.41, 5.74) is 2.28. The maximum atomic E-state index is 12.6. The van der Waals surface area contributed by atoms with Crippen LogP contribution in [0.25, 0.3) is 0 Å². The van der Waals surface area contributed by atoms with Crippen molar-refractivity contribution >= 4 is 29.4 Å². The van der Waals surface area contributed by atoms with E-state index < -0.39 is 11.9 Å². The van der Waals surface area contributed by atoms with Crippen LogP contribution in [0.4, 0.5) is 21.0 Å². The molecule has 26 heavy (non-hydrogen) atoms. The number of hydrogen-bond donors (Lipinski definition) is 3. The van der Waals surface area contributed by atoms with Gasteiger partial charge in [-0.3, -0.25) is 9.69 Å². The number of rotatable bonds is 3. The van der Waals surface area contributed by atoms with Gasteiger partial charge in [-0.05, 0) is 37.0 Å². The first kappa shape index (κ1) is 18.0. The van der Waals surface area contributed by atoms with E-state index in [1.807, 2.05) is 19.9 Å². The van der Waals surface area contributed by atoms with Crippen LogP contribution in [0.2, 0.25) is 0 Å². The SMILES string of the molecule is Cc1ccc(NC(=O)N2CC(C)CC(C(=O)O)C2)cc1N1CCNC1=O. The number of aryl methyl sites for hydroxylation is 1. The first-order valence-corrected chi connectivity index (χ1v) is 8.80. The van der Waals surface area contributed by atoms with Crippen LogP contribution in [-0.2, 0) is 4.79 Å². The molecule has 3 rings (SSSR count). The lowest BCUT2D eigenvalue weighted by atomic mass is 9.91. The number of carboxylic acids is 1. The maximum Gasteiger partial charge on any atom is 0.322 e. The van der Waals surface area contributed by atoms with E-state index in [4.69, 9.17) is 0 Å². The Morgan fingerprint density at radius 3 is 2.73 bits per heavy atom. The Labute approximate surface area is 152 Å². The third kappa shape index (κ3) is 3.74. The van der Waals surface area contributed by atoms with E-state index in [2.05, 4.69) is 10.6 Å². The lowest BCUT2D eigenvalue weighted by Gasteiger charge is -2.34. The normalized spacial score (nSPS) is 22.9. The van der Waals surface area contributed by atoms with E-state index in [-0.39, 0.29) is 24.5 Å². The number of nitrogens with one attached hydrogen (secondary N) is 2. The van der Waals surface area contributed by atoms with Crippen molar-refractivity contribution in [2.45, 2.75) is 20.3 Å². The van der Waals surface area contributed by atoms with Crippen LogP contribution in [0.1, 0.15) is 18.9 Å². The lowest BCUT2D eigenvalue weighted by molar-refractivity contribution is -0.143. The molecule has 0 aromatic heterocycles. The zero-order valence-corrected chi connectivity index (χ0v) is 15.0. The molecule has 8 heteroatoms. The van der Waals surface area contributed by atoms with Crippen molar-refractivity contribution in [1.29, 1.82) is 0 Å². The van der Waals surface area contributed by atoms with Gasteiger partial charge >= 0.3 is 18.0 Å². The minimum Gasteiger partial charge on any atom is -0.481 e. The molecule has 0 saturated carbocycles. The number of piperidine rings is 1. The third-order valence-corrected chi connectivity index (χ3v) is 4.90. The molecule has 2 unspecified atom stereocenters. The van der Waals surface area contributed by atoms with E-state index in [1.54, 1.807) is 21.9 Å². The molecule has 2 saturated heterocycles. The Balaban J connectivity index is 1.73. The Morgan fingerprint density at radius 2 is 2.08 bits per heavy atom. The molecule has 4 amide bonds. The summed E-state index contributed by atoms with van der Waals surface area (Å²) in [6.45, 7) is 5.78. The molecule has 2 aliphatic heterocycles. The van der Waals surface area contributed by atoms with Gasteiger partial charge in [0.05, 0.1) is 11.6 Å². The summed E-state index contributed by atoms with van der Waals surface area (Å²) in [6, 6.07) is 4.96. The molecule has 0 bridgehead atoms. The van der Waals surface area contributed by atoms with Crippen molar-refractivity contribution in [2.24, 2.45) is 11.8 Å². The van der Waals surface area contributed by atoms with Gasteiger partial charge in [-0.25, -0.2) is 9.59 Å². The van der Waals surface area contributed by atoms with Gasteiger partial charge in [-0.2, -0.15) is 0 Å². The minimum absolute atomic E-state index is 0.137. The number of carbonyl (C=O) groups excluding carboxylic acids is 2. The second-order valence-electron chi connectivity index (χ2n) is 7.10. The Kier molecular flexibility index (Phi) is 5.01. The average Bonchev–Trinajstić information content (AvgIpc) is 3.01. The molecule has 2 heterocycles. The van der Waals surface area contributed by atoms with Gasteiger partial charge in [-0.15, -0.1) is 0 Å². The number of benzene rings is 1. The second-order valence-corrected chi connectivity index (χ2v) is 7.10. The van der Waals surface area contributed by atoms with Crippen LogP contribution in [0, 0.1) is 18.8 Å². The summed E-state index contributed by atoms with van der Waals surface area (Å²) in [6.07, 6.45) is 0.581. The van der Waals surface area contributed by atoms with Crippen LogP contribution in [0.5, 0.6) is 0 Å². The monoisotopic (exact) mass is 360 g/mol. The highest BCUT2D eigenvalue weighted by Gasteiger charge is 2.32. The molecule has 1 aromatic carbocycles. The van der Waals surface area contributed by atoms with Gasteiger partial charge < -0.3 is 20.6 Å². The molecular formula is C18H24N4O4. The Morgan fingerprint density at radius 1 is 1.31 bits per heavy atom. The van der Waals surface area contributed by atoms with E-state index >= 15 is 0 Å². The molecule has 2 fully saturated rings. The number of hydrogen-bond acceptors (Lipinski definition) is 3. The summed E-state index contributed by atoms with van der Waals surface area (Å²) >= 11 is 0. The number of amides is 4. The van der Waals surface area contributed by atoms with Crippen molar-refractivity contribution in [2.75, 3.05) is 36.4 Å². The topological polar surface area (TPSA) is 102 Å². The van der Waals surface area contributed by atoms with Crippen LogP contribution in [0.3, 0.4) is 0 Å². The quantitative estimate of drug-likeness (QED) is 0.768. The fraction of sp³-hybridized carbons (Fsp3) is 0.500. The molecule has 0 spiro atoms. The molecule has 0 aliphatic carbocycles. The van der Waals surface area contributed by atoms with Gasteiger partial charge in [0.1, 0.15) is 0 Å². The number of carbonyl (C=O) groups is 3. The zero-order chi connectivity index (χ0) is 18.8. The highest BCUT2D eigenvalue weighted by Crippen LogP contribution is 2.27. The fourth-order valence-corrected chi connectivity index (χ4v) is 3.58. The zero-order valence-electron chi connectivity index (χ0n) is 15.0. The largest absolute Gasteiger partial charge is 0.481 e. The van der Waals surface area contributed by atoms with Crippen molar-refractivity contribution in [3.63, 3.8) is 0 Å². The minimum atomic E-state index is -0.869. The molecule has 0 radical (unpaired) electrons. The van der Waals surface area contributed by atoms with Gasteiger partial charge in [0.15, 0.2) is 0 Å². The summed E-state index contributed by atoms with van der Waals surface area (Å²) in [5.74, 6) is -1.27. The van der Waals surface area contributed by atoms with Crippen LogP contribution < -0.4 is 15.5 Å². The Hall–Kier alpha value is -2.77. The molecule has 1 aromatic rings. The van der Waals surface area contributed by atoms with E-state index in [0.29, 0.717) is 31.7 Å². The molecular weight excluding hydrogens is 336 g/mol. The summed E-state index contributed by atoms with van der Waals surface area (Å²) in [7, 11) is 0. The van der Waals surface area contributed by atoms with Crippen LogP contribution >= 0.6 is 0 Å². The lowest BCUT2D eigenvalue weighted by Crippen LogP contribution is -2.47. The number of nitrogens with zero attached hydrogens (tertiary/aromatic N) is 2. The Bertz CT molecular complexity index is 736. The predicted molar refractivity (Wildman–Crippen MR) is 97.4 cm³/mol. The van der Waals surface area contributed by atoms with E-state index in [0.717, 1.165) is 11.3 Å². The van der Waals surface area contributed by atoms with E-state index in [9.17, 15) is 19.5 Å². The first-order chi connectivity index (χ1) is 12.3. The van der Waals surface area contributed by atoms with Gasteiger partial charge in [0.2, 0.25) is 0 Å². The highest BCUT2D eigenvalue weighted by atomic mass is 16.4. The molecule has 2 aliphatic rings. The van der Waals surface area contributed by atoms with Crippen molar-refractivity contribution in [1.82, 2.24) is 10.2 Å².